The van der Waals surface area contributed by atoms with Crippen molar-refractivity contribution in [3.8, 4) is 5.75 Å². The van der Waals surface area contributed by atoms with E-state index in [0.717, 1.165) is 48.6 Å². The number of rotatable bonds is 8. The standard InChI is InChI=1S/C27H33N7O3S/c1-32-13-15-34(16-14-32)20-9-10-21(23(17-20)37-3)29-27-30-22-11-12-33(2)25(22)26(31-27)28-18-19-7-5-6-8-24(19)38(4,35)36/h5-12,17H,13-16,18H2,1-4H3,(H2,28,29,30,31). The smallest absolute Gasteiger partial charge is 0.229 e. The number of ether oxygens (including phenoxy) is 1. The van der Waals surface area contributed by atoms with Gasteiger partial charge in [0.1, 0.15) is 11.3 Å². The molecule has 1 saturated heterocycles. The minimum Gasteiger partial charge on any atom is -0.494 e. The summed E-state index contributed by atoms with van der Waals surface area (Å²) in [6.45, 7) is 4.29. The Balaban J connectivity index is 1.43. The molecule has 0 spiro atoms. The number of hydrogen-bond acceptors (Lipinski definition) is 9. The Labute approximate surface area is 223 Å². The number of likely N-dealkylation sites (N-methyl/N-ethyl adjacent to an activating group) is 1. The molecule has 0 bridgehead atoms. The highest BCUT2D eigenvalue weighted by Gasteiger charge is 2.18. The van der Waals surface area contributed by atoms with Crippen LogP contribution in [0.4, 0.5) is 23.1 Å². The number of sulfone groups is 1. The van der Waals surface area contributed by atoms with Crippen molar-refractivity contribution in [3.05, 3.63) is 60.3 Å². The van der Waals surface area contributed by atoms with Crippen LogP contribution >= 0.6 is 0 Å². The van der Waals surface area contributed by atoms with Crippen LogP contribution in [0.3, 0.4) is 0 Å². The van der Waals surface area contributed by atoms with Crippen molar-refractivity contribution in [2.45, 2.75) is 11.4 Å². The number of methoxy groups -OCH3 is 1. The second kappa shape index (κ2) is 10.5. The SMILES string of the molecule is COc1cc(N2CCN(C)CC2)ccc1Nc1nc(NCc2ccccc2S(C)(=O)=O)c2c(ccn2C)n1. The van der Waals surface area contributed by atoms with Gasteiger partial charge < -0.3 is 29.7 Å². The van der Waals surface area contributed by atoms with E-state index in [9.17, 15) is 8.42 Å². The van der Waals surface area contributed by atoms with Crippen molar-refractivity contribution >= 4 is 44.0 Å². The van der Waals surface area contributed by atoms with Crippen LogP contribution in [0, 0.1) is 0 Å². The highest BCUT2D eigenvalue weighted by atomic mass is 32.2. The van der Waals surface area contributed by atoms with E-state index in [1.54, 1.807) is 25.3 Å². The lowest BCUT2D eigenvalue weighted by molar-refractivity contribution is 0.312. The maximum atomic E-state index is 12.3. The highest BCUT2D eigenvalue weighted by molar-refractivity contribution is 7.90. The Kier molecular flexibility index (Phi) is 7.13. The van der Waals surface area contributed by atoms with Crippen molar-refractivity contribution in [3.63, 3.8) is 0 Å². The van der Waals surface area contributed by atoms with Crippen LogP contribution in [0.2, 0.25) is 0 Å². The second-order valence-corrected chi connectivity index (χ2v) is 11.6. The van der Waals surface area contributed by atoms with Crippen molar-refractivity contribution < 1.29 is 13.2 Å². The van der Waals surface area contributed by atoms with Gasteiger partial charge in [0.15, 0.2) is 15.7 Å². The molecule has 5 rings (SSSR count). The van der Waals surface area contributed by atoms with Crippen LogP contribution in [0.15, 0.2) is 59.6 Å². The number of nitrogens with zero attached hydrogens (tertiary/aromatic N) is 5. The lowest BCUT2D eigenvalue weighted by Crippen LogP contribution is -2.44. The third-order valence-electron chi connectivity index (χ3n) is 6.84. The molecule has 0 aliphatic carbocycles. The van der Waals surface area contributed by atoms with Crippen LogP contribution < -0.4 is 20.3 Å². The van der Waals surface area contributed by atoms with Gasteiger partial charge in [0.05, 0.1) is 23.2 Å². The van der Waals surface area contributed by atoms with Crippen molar-refractivity contribution in [1.82, 2.24) is 19.4 Å². The van der Waals surface area contributed by atoms with Gasteiger partial charge in [-0.25, -0.2) is 13.4 Å². The number of aryl methyl sites for hydroxylation is 1. The summed E-state index contributed by atoms with van der Waals surface area (Å²) in [5, 5.41) is 6.65. The van der Waals surface area contributed by atoms with Gasteiger partial charge in [0.25, 0.3) is 0 Å². The second-order valence-electron chi connectivity index (χ2n) is 9.59. The molecule has 0 saturated carbocycles. The molecular weight excluding hydrogens is 502 g/mol. The summed E-state index contributed by atoms with van der Waals surface area (Å²) in [6.07, 6.45) is 3.14. The molecule has 1 aliphatic rings. The fourth-order valence-corrected chi connectivity index (χ4v) is 5.67. The third-order valence-corrected chi connectivity index (χ3v) is 8.04. The number of piperazine rings is 1. The molecule has 2 N–H and O–H groups in total. The van der Waals surface area contributed by atoms with E-state index >= 15 is 0 Å². The summed E-state index contributed by atoms with van der Waals surface area (Å²) in [5.41, 5.74) is 4.13. The first-order valence-corrected chi connectivity index (χ1v) is 14.4. The molecular formula is C27H33N7O3S. The number of benzene rings is 2. The quantitative estimate of drug-likeness (QED) is 0.351. The molecule has 2 aromatic heterocycles. The fourth-order valence-electron chi connectivity index (χ4n) is 4.73. The summed E-state index contributed by atoms with van der Waals surface area (Å²) < 4.78 is 32.2. The Morgan fingerprint density at radius 2 is 1.76 bits per heavy atom. The average molecular weight is 536 g/mol. The van der Waals surface area contributed by atoms with Gasteiger partial charge >= 0.3 is 0 Å². The molecule has 0 amide bonds. The number of aromatic nitrogens is 3. The van der Waals surface area contributed by atoms with Gasteiger partial charge in [-0.1, -0.05) is 18.2 Å². The molecule has 11 heteroatoms. The molecule has 200 valence electrons. The van der Waals surface area contributed by atoms with Crippen LogP contribution in [0.1, 0.15) is 5.56 Å². The maximum Gasteiger partial charge on any atom is 0.229 e. The molecule has 10 nitrogen and oxygen atoms in total. The molecule has 3 heterocycles. The zero-order valence-electron chi connectivity index (χ0n) is 22.1. The monoisotopic (exact) mass is 535 g/mol. The highest BCUT2D eigenvalue weighted by Crippen LogP contribution is 2.33. The van der Waals surface area contributed by atoms with Gasteiger partial charge in [-0.15, -0.1) is 0 Å². The van der Waals surface area contributed by atoms with Crippen molar-refractivity contribution in [2.75, 3.05) is 62.1 Å². The molecule has 0 unspecified atom stereocenters. The maximum absolute atomic E-state index is 12.3. The lowest BCUT2D eigenvalue weighted by Gasteiger charge is -2.34. The molecule has 1 aliphatic heterocycles. The van der Waals surface area contributed by atoms with E-state index in [-0.39, 0.29) is 0 Å². The van der Waals surface area contributed by atoms with Crippen LogP contribution in [0.25, 0.3) is 11.0 Å². The minimum absolute atomic E-state index is 0.295. The lowest BCUT2D eigenvalue weighted by atomic mass is 10.2. The number of anilines is 4. The first-order valence-electron chi connectivity index (χ1n) is 12.5. The largest absolute Gasteiger partial charge is 0.494 e. The predicted octanol–water partition coefficient (Wildman–Crippen LogP) is 3.49. The van der Waals surface area contributed by atoms with Crippen LogP contribution in [-0.2, 0) is 23.4 Å². The fraction of sp³-hybridized carbons (Fsp3) is 0.333. The van der Waals surface area contributed by atoms with Crippen molar-refractivity contribution in [1.29, 1.82) is 0 Å². The Morgan fingerprint density at radius 3 is 2.50 bits per heavy atom. The van der Waals surface area contributed by atoms with Crippen molar-refractivity contribution in [2.24, 2.45) is 7.05 Å². The van der Waals surface area contributed by atoms with Gasteiger partial charge in [0.2, 0.25) is 5.95 Å². The summed E-state index contributed by atoms with van der Waals surface area (Å²) in [7, 11) is 2.36. The number of nitrogens with one attached hydrogen (secondary N) is 2. The van der Waals surface area contributed by atoms with E-state index in [0.29, 0.717) is 34.5 Å². The number of fused-ring (bicyclic) bond motifs is 1. The molecule has 2 aromatic carbocycles. The Bertz CT molecular complexity index is 1560. The topological polar surface area (TPSA) is 105 Å². The van der Waals surface area contributed by atoms with Gasteiger partial charge in [0, 0.05) is 64.0 Å². The first-order chi connectivity index (χ1) is 18.2. The summed E-state index contributed by atoms with van der Waals surface area (Å²) in [5.74, 6) is 1.71. The molecule has 0 radical (unpaired) electrons. The van der Waals surface area contributed by atoms with E-state index in [1.807, 2.05) is 42.1 Å². The van der Waals surface area contributed by atoms with E-state index in [4.69, 9.17) is 14.7 Å². The van der Waals surface area contributed by atoms with E-state index in [1.165, 1.54) is 6.26 Å². The Morgan fingerprint density at radius 1 is 1.00 bits per heavy atom. The average Bonchev–Trinajstić information content (AvgIpc) is 3.28. The molecule has 1 fully saturated rings. The van der Waals surface area contributed by atoms with Crippen LogP contribution in [0.5, 0.6) is 5.75 Å². The van der Waals surface area contributed by atoms with Crippen LogP contribution in [-0.4, -0.2) is 74.4 Å². The number of hydrogen-bond donors (Lipinski definition) is 2. The zero-order chi connectivity index (χ0) is 26.9. The normalized spacial score (nSPS) is 14.6. The molecule has 4 aromatic rings. The zero-order valence-corrected chi connectivity index (χ0v) is 22.9. The third kappa shape index (κ3) is 5.39. The van der Waals surface area contributed by atoms with E-state index in [2.05, 4.69) is 33.5 Å². The summed E-state index contributed by atoms with van der Waals surface area (Å²) in [6, 6.07) is 15.0. The van der Waals surface area contributed by atoms with Gasteiger partial charge in [-0.3, -0.25) is 0 Å². The summed E-state index contributed by atoms with van der Waals surface area (Å²) >= 11 is 0. The van der Waals surface area contributed by atoms with Gasteiger partial charge in [-0.2, -0.15) is 4.98 Å². The van der Waals surface area contributed by atoms with Gasteiger partial charge in [-0.05, 0) is 36.9 Å². The first kappa shape index (κ1) is 25.8. The predicted molar refractivity (Wildman–Crippen MR) is 151 cm³/mol. The molecule has 38 heavy (non-hydrogen) atoms. The summed E-state index contributed by atoms with van der Waals surface area (Å²) in [4.78, 5) is 14.4. The Hall–Kier alpha value is -3.83. The minimum atomic E-state index is -3.36. The van der Waals surface area contributed by atoms with E-state index < -0.39 is 9.84 Å². The molecule has 0 atom stereocenters.